The molecule has 0 amide bonds. The average molecular weight is 347 g/mol. The van der Waals surface area contributed by atoms with Crippen molar-refractivity contribution in [2.75, 3.05) is 0 Å². The SMILES string of the molecule is O=c1c2ccccc2sc2cc([N+](=O)[O-])c([N+](=O)[O-])c([N+](=O)[O-])c12. The van der Waals surface area contributed by atoms with E-state index in [1.54, 1.807) is 18.2 Å². The maximum absolute atomic E-state index is 12.6. The molecule has 120 valence electrons. The van der Waals surface area contributed by atoms with Crippen LogP contribution >= 0.6 is 11.3 Å². The van der Waals surface area contributed by atoms with Crippen LogP contribution in [-0.4, -0.2) is 14.8 Å². The molecule has 3 aromatic rings. The Labute approximate surface area is 135 Å². The van der Waals surface area contributed by atoms with Gasteiger partial charge in [0.25, 0.3) is 0 Å². The van der Waals surface area contributed by atoms with E-state index in [4.69, 9.17) is 0 Å². The highest BCUT2D eigenvalue weighted by molar-refractivity contribution is 7.24. The Hall–Kier alpha value is -3.47. The molecule has 10 nitrogen and oxygen atoms in total. The summed E-state index contributed by atoms with van der Waals surface area (Å²) < 4.78 is 0.412. The molecule has 0 unspecified atom stereocenters. The first kappa shape index (κ1) is 15.4. The van der Waals surface area contributed by atoms with Gasteiger partial charge in [0.15, 0.2) is 0 Å². The topological polar surface area (TPSA) is 146 Å². The van der Waals surface area contributed by atoms with Gasteiger partial charge in [-0.3, -0.25) is 35.1 Å². The third kappa shape index (κ3) is 2.14. The summed E-state index contributed by atoms with van der Waals surface area (Å²) in [6.07, 6.45) is 0. The fourth-order valence-corrected chi connectivity index (χ4v) is 3.53. The van der Waals surface area contributed by atoms with Gasteiger partial charge < -0.3 is 0 Å². The Balaban J connectivity index is 2.69. The smallest absolute Gasteiger partial charge is 0.288 e. The molecule has 0 saturated carbocycles. The molecule has 1 heterocycles. The number of rotatable bonds is 3. The number of hydrogen-bond donors (Lipinski definition) is 0. The summed E-state index contributed by atoms with van der Waals surface area (Å²) in [5.74, 6) is 0. The lowest BCUT2D eigenvalue weighted by atomic mass is 10.1. The summed E-state index contributed by atoms with van der Waals surface area (Å²) in [5.41, 5.74) is -4.25. The van der Waals surface area contributed by atoms with Gasteiger partial charge >= 0.3 is 17.1 Å². The normalized spacial score (nSPS) is 10.8. The first-order chi connectivity index (χ1) is 11.3. The lowest BCUT2D eigenvalue weighted by Gasteiger charge is -2.03. The van der Waals surface area contributed by atoms with Crippen LogP contribution in [0, 0.1) is 30.3 Å². The van der Waals surface area contributed by atoms with Crippen LogP contribution in [0.1, 0.15) is 0 Å². The molecule has 11 heteroatoms. The summed E-state index contributed by atoms with van der Waals surface area (Å²) in [5, 5.41) is 33.3. The highest BCUT2D eigenvalue weighted by Gasteiger charge is 2.40. The van der Waals surface area contributed by atoms with E-state index in [2.05, 4.69) is 0 Å². The van der Waals surface area contributed by atoms with Crippen LogP contribution < -0.4 is 5.43 Å². The van der Waals surface area contributed by atoms with E-state index in [0.717, 1.165) is 17.4 Å². The molecule has 1 aromatic heterocycles. The van der Waals surface area contributed by atoms with Gasteiger partial charge in [0.2, 0.25) is 5.43 Å². The molecule has 0 aliphatic heterocycles. The molecule has 0 atom stereocenters. The fraction of sp³-hybridized carbons (Fsp3) is 0. The molecule has 0 fully saturated rings. The number of nitrogens with zero attached hydrogens (tertiary/aromatic N) is 3. The van der Waals surface area contributed by atoms with E-state index in [-0.39, 0.29) is 10.1 Å². The van der Waals surface area contributed by atoms with Crippen molar-refractivity contribution in [1.82, 2.24) is 0 Å². The van der Waals surface area contributed by atoms with Crippen molar-refractivity contribution in [3.8, 4) is 0 Å². The minimum Gasteiger partial charge on any atom is -0.288 e. The van der Waals surface area contributed by atoms with Crippen LogP contribution in [0.5, 0.6) is 0 Å². The summed E-state index contributed by atoms with van der Waals surface area (Å²) in [4.78, 5) is 42.8. The summed E-state index contributed by atoms with van der Waals surface area (Å²) in [7, 11) is 0. The molecular weight excluding hydrogens is 342 g/mol. The Bertz CT molecular complexity index is 1120. The van der Waals surface area contributed by atoms with Gasteiger partial charge in [0.05, 0.1) is 19.5 Å². The van der Waals surface area contributed by atoms with Gasteiger partial charge in [-0.2, -0.15) is 0 Å². The predicted octanol–water partition coefficient (Wildman–Crippen LogP) is 3.14. The third-order valence-corrected chi connectivity index (χ3v) is 4.48. The largest absolute Gasteiger partial charge is 0.423 e. The molecule has 0 N–H and O–H groups in total. The van der Waals surface area contributed by atoms with Gasteiger partial charge in [0, 0.05) is 16.2 Å². The van der Waals surface area contributed by atoms with Crippen molar-refractivity contribution in [1.29, 1.82) is 0 Å². The van der Waals surface area contributed by atoms with Gasteiger partial charge in [-0.1, -0.05) is 12.1 Å². The Morgan fingerprint density at radius 3 is 2.04 bits per heavy atom. The minimum absolute atomic E-state index is 0.0531. The van der Waals surface area contributed by atoms with Crippen LogP contribution in [0.2, 0.25) is 0 Å². The summed E-state index contributed by atoms with van der Waals surface area (Å²) in [6, 6.07) is 7.04. The molecular formula is C13H5N3O7S. The highest BCUT2D eigenvalue weighted by atomic mass is 32.1. The second-order valence-corrected chi connectivity index (χ2v) is 5.75. The highest BCUT2D eigenvalue weighted by Crippen LogP contribution is 2.43. The Morgan fingerprint density at radius 1 is 0.833 bits per heavy atom. The van der Waals surface area contributed by atoms with Crippen LogP contribution in [0.4, 0.5) is 17.1 Å². The third-order valence-electron chi connectivity index (χ3n) is 3.36. The molecule has 2 aromatic carbocycles. The van der Waals surface area contributed by atoms with Gasteiger partial charge in [-0.25, -0.2) is 0 Å². The van der Waals surface area contributed by atoms with Crippen LogP contribution in [-0.2, 0) is 0 Å². The van der Waals surface area contributed by atoms with Crippen LogP contribution in [0.3, 0.4) is 0 Å². The Kier molecular flexibility index (Phi) is 3.41. The van der Waals surface area contributed by atoms with Crippen molar-refractivity contribution < 1.29 is 14.8 Å². The number of fused-ring (bicyclic) bond motifs is 2. The van der Waals surface area contributed by atoms with Gasteiger partial charge in [0.1, 0.15) is 5.39 Å². The summed E-state index contributed by atoms with van der Waals surface area (Å²) in [6.45, 7) is 0. The first-order valence-corrected chi connectivity index (χ1v) is 7.10. The molecule has 0 aliphatic carbocycles. The zero-order valence-corrected chi connectivity index (χ0v) is 12.3. The van der Waals surface area contributed by atoms with Crippen molar-refractivity contribution in [3.63, 3.8) is 0 Å². The van der Waals surface area contributed by atoms with Crippen molar-refractivity contribution in [3.05, 3.63) is 70.9 Å². The molecule has 0 aliphatic rings. The van der Waals surface area contributed by atoms with E-state index in [1.807, 2.05) is 0 Å². The van der Waals surface area contributed by atoms with E-state index in [9.17, 15) is 35.1 Å². The second kappa shape index (κ2) is 5.31. The molecule has 24 heavy (non-hydrogen) atoms. The van der Waals surface area contributed by atoms with Crippen LogP contribution in [0.25, 0.3) is 20.2 Å². The predicted molar refractivity (Wildman–Crippen MR) is 85.6 cm³/mol. The van der Waals surface area contributed by atoms with Gasteiger partial charge in [-0.15, -0.1) is 11.3 Å². The molecule has 0 bridgehead atoms. The van der Waals surface area contributed by atoms with Crippen molar-refractivity contribution in [2.45, 2.75) is 0 Å². The second-order valence-electron chi connectivity index (χ2n) is 4.66. The lowest BCUT2D eigenvalue weighted by molar-refractivity contribution is -0.440. The monoisotopic (exact) mass is 347 g/mol. The molecule has 0 saturated heterocycles. The quantitative estimate of drug-likeness (QED) is 0.401. The van der Waals surface area contributed by atoms with Crippen molar-refractivity contribution >= 4 is 48.6 Å². The van der Waals surface area contributed by atoms with Crippen molar-refractivity contribution in [2.24, 2.45) is 0 Å². The molecule has 0 spiro atoms. The minimum atomic E-state index is -1.29. The molecule has 0 radical (unpaired) electrons. The number of nitro benzene ring substituents is 3. The lowest BCUT2D eigenvalue weighted by Crippen LogP contribution is -2.08. The number of hydrogen-bond acceptors (Lipinski definition) is 8. The fourth-order valence-electron chi connectivity index (χ4n) is 2.41. The number of benzene rings is 2. The average Bonchev–Trinajstić information content (AvgIpc) is 2.52. The van der Waals surface area contributed by atoms with Gasteiger partial charge in [-0.05, 0) is 12.1 Å². The van der Waals surface area contributed by atoms with E-state index in [1.165, 1.54) is 6.07 Å². The maximum Gasteiger partial charge on any atom is 0.423 e. The standard InChI is InChI=1S/C13H5N3O7S/c17-13-6-3-1-2-4-8(6)24-9-5-7(14(18)19)11(15(20)21)12(10(9)13)16(22)23/h1-5H. The first-order valence-electron chi connectivity index (χ1n) is 6.28. The maximum atomic E-state index is 12.6. The zero-order valence-electron chi connectivity index (χ0n) is 11.5. The van der Waals surface area contributed by atoms with E-state index < -0.39 is 42.6 Å². The Morgan fingerprint density at radius 2 is 1.46 bits per heavy atom. The van der Waals surface area contributed by atoms with E-state index in [0.29, 0.717) is 4.70 Å². The van der Waals surface area contributed by atoms with Crippen LogP contribution in [0.15, 0.2) is 35.1 Å². The van der Waals surface area contributed by atoms with E-state index >= 15 is 0 Å². The zero-order chi connectivity index (χ0) is 17.6. The molecule has 3 rings (SSSR count). The summed E-state index contributed by atoms with van der Waals surface area (Å²) >= 11 is 0.917. The number of nitro groups is 3.